The van der Waals surface area contributed by atoms with Crippen LogP contribution in [0.1, 0.15) is 24.0 Å². The Morgan fingerprint density at radius 1 is 1.50 bits per heavy atom. The van der Waals surface area contributed by atoms with Gasteiger partial charge in [-0.15, -0.1) is 0 Å². The second-order valence-corrected chi connectivity index (χ2v) is 3.81. The van der Waals surface area contributed by atoms with E-state index in [9.17, 15) is 0 Å². The summed E-state index contributed by atoms with van der Waals surface area (Å²) in [5.74, 6) is 0.617. The summed E-state index contributed by atoms with van der Waals surface area (Å²) in [5, 5.41) is 4.20. The van der Waals surface area contributed by atoms with E-state index in [0.29, 0.717) is 5.92 Å². The molecule has 1 N–H and O–H groups in total. The van der Waals surface area contributed by atoms with Crippen LogP contribution in [0.3, 0.4) is 0 Å². The molecule has 0 aliphatic carbocycles. The Bertz CT molecular complexity index is 296. The molecular formula is C10H12ClN. The van der Waals surface area contributed by atoms with Gasteiger partial charge in [-0.2, -0.15) is 0 Å². The van der Waals surface area contributed by atoms with Gasteiger partial charge in [0.2, 0.25) is 0 Å². The highest BCUT2D eigenvalue weighted by Crippen LogP contribution is 2.25. The molecule has 0 aromatic heterocycles. The minimum atomic E-state index is 0.617. The van der Waals surface area contributed by atoms with Gasteiger partial charge in [0.05, 0.1) is 0 Å². The van der Waals surface area contributed by atoms with Crippen molar-refractivity contribution in [2.24, 2.45) is 0 Å². The summed E-state index contributed by atoms with van der Waals surface area (Å²) in [4.78, 5) is 0. The first kappa shape index (κ1) is 8.09. The van der Waals surface area contributed by atoms with Crippen molar-refractivity contribution in [3.63, 3.8) is 0 Å². The minimum Gasteiger partial charge on any atom is -0.312 e. The molecule has 1 nitrogen and oxygen atoms in total. The molecule has 0 radical (unpaired) electrons. The van der Waals surface area contributed by atoms with Crippen molar-refractivity contribution in [3.05, 3.63) is 34.3 Å². The number of halogens is 1. The highest BCUT2D eigenvalue weighted by molar-refractivity contribution is 6.30. The van der Waals surface area contributed by atoms with Crippen molar-refractivity contribution >= 4 is 11.6 Å². The van der Waals surface area contributed by atoms with E-state index in [1.54, 1.807) is 0 Å². The molecular weight excluding hydrogens is 170 g/mol. The summed E-state index contributed by atoms with van der Waals surface area (Å²) in [7, 11) is 0. The highest BCUT2D eigenvalue weighted by Gasteiger charge is 2.15. The number of nitrogens with one attached hydrogen (secondary N) is 1. The molecule has 1 aromatic rings. The molecule has 1 unspecified atom stereocenters. The quantitative estimate of drug-likeness (QED) is 0.649. The van der Waals surface area contributed by atoms with Crippen LogP contribution in [0.15, 0.2) is 18.2 Å². The molecule has 2 rings (SSSR count). The average Bonchev–Trinajstić information content (AvgIpc) is 2.04. The molecule has 0 amide bonds. The van der Waals surface area contributed by atoms with Crippen LogP contribution in [0.4, 0.5) is 0 Å². The molecule has 0 saturated carbocycles. The zero-order valence-electron chi connectivity index (χ0n) is 7.10. The zero-order valence-corrected chi connectivity index (χ0v) is 7.86. The van der Waals surface area contributed by atoms with Gasteiger partial charge in [0.1, 0.15) is 0 Å². The molecule has 0 spiro atoms. The van der Waals surface area contributed by atoms with Gasteiger partial charge >= 0.3 is 0 Å². The Morgan fingerprint density at radius 2 is 2.33 bits per heavy atom. The van der Waals surface area contributed by atoms with Crippen molar-refractivity contribution in [2.45, 2.75) is 19.4 Å². The van der Waals surface area contributed by atoms with Gasteiger partial charge in [0.25, 0.3) is 0 Å². The van der Waals surface area contributed by atoms with Crippen molar-refractivity contribution in [2.75, 3.05) is 6.54 Å². The van der Waals surface area contributed by atoms with Crippen LogP contribution in [-0.4, -0.2) is 6.54 Å². The van der Waals surface area contributed by atoms with Gasteiger partial charge in [-0.3, -0.25) is 0 Å². The molecule has 0 saturated heterocycles. The first-order valence-corrected chi connectivity index (χ1v) is 4.64. The van der Waals surface area contributed by atoms with Crippen LogP contribution in [-0.2, 0) is 6.54 Å². The summed E-state index contributed by atoms with van der Waals surface area (Å²) >= 11 is 5.90. The molecule has 1 aromatic carbocycles. The third kappa shape index (κ3) is 1.35. The molecule has 0 bridgehead atoms. The van der Waals surface area contributed by atoms with Gasteiger partial charge in [0.15, 0.2) is 0 Å². The third-order valence-electron chi connectivity index (χ3n) is 2.40. The Hall–Kier alpha value is -0.530. The topological polar surface area (TPSA) is 12.0 Å². The molecule has 12 heavy (non-hydrogen) atoms. The van der Waals surface area contributed by atoms with Crippen LogP contribution in [0.2, 0.25) is 5.02 Å². The predicted octanol–water partition coefficient (Wildman–Crippen LogP) is 2.55. The van der Waals surface area contributed by atoms with Gasteiger partial charge in [-0.05, 0) is 29.2 Å². The van der Waals surface area contributed by atoms with E-state index in [2.05, 4.69) is 24.4 Å². The predicted molar refractivity (Wildman–Crippen MR) is 51.6 cm³/mol. The lowest BCUT2D eigenvalue weighted by Gasteiger charge is -2.23. The lowest BCUT2D eigenvalue weighted by Crippen LogP contribution is -2.26. The fourth-order valence-electron chi connectivity index (χ4n) is 1.74. The molecule has 1 heterocycles. The first-order valence-electron chi connectivity index (χ1n) is 4.26. The van der Waals surface area contributed by atoms with E-state index in [1.807, 2.05) is 6.07 Å². The first-order chi connectivity index (χ1) is 5.77. The van der Waals surface area contributed by atoms with Crippen LogP contribution < -0.4 is 5.32 Å². The second-order valence-electron chi connectivity index (χ2n) is 3.38. The average molecular weight is 182 g/mol. The number of fused-ring (bicyclic) bond motifs is 1. The Labute approximate surface area is 77.7 Å². The van der Waals surface area contributed by atoms with Crippen molar-refractivity contribution in [3.8, 4) is 0 Å². The molecule has 1 atom stereocenters. The lowest BCUT2D eigenvalue weighted by atomic mass is 9.92. The van der Waals surface area contributed by atoms with E-state index in [-0.39, 0.29) is 0 Å². The normalized spacial score (nSPS) is 22.0. The van der Waals surface area contributed by atoms with Gasteiger partial charge < -0.3 is 5.32 Å². The van der Waals surface area contributed by atoms with Crippen LogP contribution in [0.5, 0.6) is 0 Å². The van der Waals surface area contributed by atoms with Crippen LogP contribution >= 0.6 is 11.6 Å². The Balaban J connectivity index is 2.46. The van der Waals surface area contributed by atoms with Gasteiger partial charge in [0, 0.05) is 18.1 Å². The number of benzene rings is 1. The smallest absolute Gasteiger partial charge is 0.0409 e. The monoisotopic (exact) mass is 181 g/mol. The largest absolute Gasteiger partial charge is 0.312 e. The Kier molecular flexibility index (Phi) is 2.07. The molecule has 1 aliphatic rings. The van der Waals surface area contributed by atoms with Crippen molar-refractivity contribution in [1.82, 2.24) is 5.32 Å². The highest BCUT2D eigenvalue weighted by atomic mass is 35.5. The molecule has 2 heteroatoms. The number of hydrogen-bond donors (Lipinski definition) is 1. The summed E-state index contributed by atoms with van der Waals surface area (Å²) in [5.41, 5.74) is 2.79. The summed E-state index contributed by atoms with van der Waals surface area (Å²) < 4.78 is 0. The van der Waals surface area contributed by atoms with Crippen LogP contribution in [0, 0.1) is 0 Å². The molecule has 1 aliphatic heterocycles. The number of hydrogen-bond acceptors (Lipinski definition) is 1. The summed E-state index contributed by atoms with van der Waals surface area (Å²) in [6.45, 7) is 4.27. The third-order valence-corrected chi connectivity index (χ3v) is 2.64. The van der Waals surface area contributed by atoms with Crippen LogP contribution in [0.25, 0.3) is 0 Å². The number of rotatable bonds is 0. The van der Waals surface area contributed by atoms with Gasteiger partial charge in [-0.25, -0.2) is 0 Å². The van der Waals surface area contributed by atoms with E-state index < -0.39 is 0 Å². The zero-order chi connectivity index (χ0) is 8.55. The summed E-state index contributed by atoms with van der Waals surface area (Å²) in [6, 6.07) is 6.17. The molecule has 64 valence electrons. The Morgan fingerprint density at radius 3 is 3.17 bits per heavy atom. The maximum atomic E-state index is 5.90. The fourth-order valence-corrected chi connectivity index (χ4v) is 1.94. The molecule has 0 fully saturated rings. The summed E-state index contributed by atoms with van der Waals surface area (Å²) in [6.07, 6.45) is 0. The maximum Gasteiger partial charge on any atom is 0.0409 e. The lowest BCUT2D eigenvalue weighted by molar-refractivity contribution is 0.571. The van der Waals surface area contributed by atoms with E-state index in [1.165, 1.54) is 11.1 Å². The van der Waals surface area contributed by atoms with Gasteiger partial charge in [-0.1, -0.05) is 24.6 Å². The second kappa shape index (κ2) is 3.08. The SMILES string of the molecule is CC1CNCc2cc(Cl)ccc21. The fraction of sp³-hybridized carbons (Fsp3) is 0.400. The van der Waals surface area contributed by atoms with Crippen molar-refractivity contribution in [1.29, 1.82) is 0 Å². The van der Waals surface area contributed by atoms with Crippen molar-refractivity contribution < 1.29 is 0 Å². The minimum absolute atomic E-state index is 0.617. The van der Waals surface area contributed by atoms with E-state index in [4.69, 9.17) is 11.6 Å². The van der Waals surface area contributed by atoms with E-state index >= 15 is 0 Å². The standard InChI is InChI=1S/C10H12ClN/c1-7-5-12-6-8-4-9(11)2-3-10(7)8/h2-4,7,12H,5-6H2,1H3. The van der Waals surface area contributed by atoms with E-state index in [0.717, 1.165) is 18.1 Å². The maximum absolute atomic E-state index is 5.90.